The quantitative estimate of drug-likeness (QED) is 0.459. The highest BCUT2D eigenvalue weighted by atomic mass is 19.1. The second-order valence-corrected chi connectivity index (χ2v) is 5.70. The predicted octanol–water partition coefficient (Wildman–Crippen LogP) is 1.66. The Bertz CT molecular complexity index is 697. The van der Waals surface area contributed by atoms with Crippen molar-refractivity contribution in [1.82, 2.24) is 10.2 Å². The van der Waals surface area contributed by atoms with Crippen LogP contribution in [0.2, 0.25) is 0 Å². The number of ketones is 1. The van der Waals surface area contributed by atoms with E-state index in [9.17, 15) is 23.6 Å². The third-order valence-corrected chi connectivity index (χ3v) is 4.27. The summed E-state index contributed by atoms with van der Waals surface area (Å²) in [6, 6.07) is 4.14. The fraction of sp³-hybridized carbons (Fsp3) is 0.412. The molecule has 1 aromatic carbocycles. The highest BCUT2D eigenvalue weighted by Crippen LogP contribution is 2.24. The number of hydrogen-bond donors (Lipinski definition) is 1. The van der Waals surface area contributed by atoms with Gasteiger partial charge in [-0.15, -0.1) is 0 Å². The number of halogens is 1. The first-order valence-electron chi connectivity index (χ1n) is 7.91. The van der Waals surface area contributed by atoms with Gasteiger partial charge in [0.25, 0.3) is 5.91 Å². The van der Waals surface area contributed by atoms with Crippen LogP contribution in [0.3, 0.4) is 0 Å². The summed E-state index contributed by atoms with van der Waals surface area (Å²) in [6.45, 7) is 2.42. The van der Waals surface area contributed by atoms with Crippen molar-refractivity contribution in [3.05, 3.63) is 35.6 Å². The molecule has 0 saturated carbocycles. The zero-order chi connectivity index (χ0) is 18.6. The van der Waals surface area contributed by atoms with Crippen molar-refractivity contribution >= 4 is 23.7 Å². The molecule has 1 aromatic rings. The normalized spacial score (nSPS) is 15.9. The minimum Gasteiger partial charge on any atom is -0.456 e. The fourth-order valence-electron chi connectivity index (χ4n) is 2.59. The van der Waals surface area contributed by atoms with Gasteiger partial charge in [0.2, 0.25) is 0 Å². The van der Waals surface area contributed by atoms with Gasteiger partial charge in [0.05, 0.1) is 0 Å². The van der Waals surface area contributed by atoms with E-state index >= 15 is 0 Å². The summed E-state index contributed by atoms with van der Waals surface area (Å²) in [5.41, 5.74) is -0.804. The first-order chi connectivity index (χ1) is 11.8. The van der Waals surface area contributed by atoms with E-state index in [1.54, 1.807) is 13.8 Å². The molecule has 0 aromatic heterocycles. The van der Waals surface area contributed by atoms with Crippen molar-refractivity contribution in [3.8, 4) is 0 Å². The Balaban J connectivity index is 1.92. The Morgan fingerprint density at radius 3 is 2.28 bits per heavy atom. The number of nitrogens with zero attached hydrogens (tertiary/aromatic N) is 1. The number of urea groups is 1. The number of Topliss-reactive ketones (excluding diaryl/α,β-unsaturated/α-hetero) is 1. The van der Waals surface area contributed by atoms with Crippen LogP contribution in [0.1, 0.15) is 37.0 Å². The molecule has 7 nitrogen and oxygen atoms in total. The van der Waals surface area contributed by atoms with Gasteiger partial charge in [-0.25, -0.2) is 9.18 Å². The van der Waals surface area contributed by atoms with E-state index in [0.717, 1.165) is 17.0 Å². The topological polar surface area (TPSA) is 92.8 Å². The zero-order valence-electron chi connectivity index (χ0n) is 14.0. The Labute approximate surface area is 144 Å². The molecule has 1 fully saturated rings. The van der Waals surface area contributed by atoms with Gasteiger partial charge in [-0.3, -0.25) is 19.3 Å². The van der Waals surface area contributed by atoms with Crippen molar-refractivity contribution in [2.24, 2.45) is 0 Å². The third-order valence-electron chi connectivity index (χ3n) is 4.27. The minimum atomic E-state index is -0.999. The van der Waals surface area contributed by atoms with E-state index in [4.69, 9.17) is 4.74 Å². The summed E-state index contributed by atoms with van der Waals surface area (Å²) in [7, 11) is 0. The molecule has 1 heterocycles. The molecule has 1 aliphatic heterocycles. The van der Waals surface area contributed by atoms with Crippen LogP contribution < -0.4 is 5.32 Å². The number of ether oxygens (including phenoxy) is 1. The van der Waals surface area contributed by atoms with E-state index in [-0.39, 0.29) is 5.56 Å². The molecular formula is C17H19FN2O5. The predicted molar refractivity (Wildman–Crippen MR) is 85.2 cm³/mol. The molecule has 134 valence electrons. The summed E-state index contributed by atoms with van der Waals surface area (Å²) in [5, 5.41) is 2.60. The van der Waals surface area contributed by atoms with Crippen LogP contribution in [-0.2, 0) is 14.3 Å². The van der Waals surface area contributed by atoms with Gasteiger partial charge in [0.1, 0.15) is 17.9 Å². The molecule has 2 rings (SSSR count). The van der Waals surface area contributed by atoms with Crippen LogP contribution in [0.4, 0.5) is 9.18 Å². The smallest absolute Gasteiger partial charge is 0.326 e. The number of amides is 3. The molecule has 1 N–H and O–H groups in total. The molecule has 25 heavy (non-hydrogen) atoms. The van der Waals surface area contributed by atoms with E-state index in [1.807, 2.05) is 0 Å². The number of esters is 1. The molecule has 1 aliphatic rings. The van der Waals surface area contributed by atoms with E-state index in [2.05, 4.69) is 5.32 Å². The van der Waals surface area contributed by atoms with Gasteiger partial charge >= 0.3 is 12.0 Å². The molecule has 3 amide bonds. The van der Waals surface area contributed by atoms with E-state index in [1.165, 1.54) is 12.1 Å². The maximum Gasteiger partial charge on any atom is 0.326 e. The van der Waals surface area contributed by atoms with Gasteiger partial charge in [-0.05, 0) is 37.1 Å². The summed E-state index contributed by atoms with van der Waals surface area (Å²) < 4.78 is 17.6. The molecule has 0 radical (unpaired) electrons. The molecule has 1 saturated heterocycles. The molecule has 0 atom stereocenters. The summed E-state index contributed by atoms with van der Waals surface area (Å²) in [6.07, 6.45) is 0.811. The standard InChI is InChI=1S/C17H19FN2O5/c1-3-17(4-2)15(23)20(16(24)19-17)9-14(22)25-10-13(21)11-5-7-12(18)8-6-11/h5-8H,3-4,9-10H2,1-2H3,(H,19,24). The van der Waals surface area contributed by atoms with Gasteiger partial charge in [0.15, 0.2) is 12.4 Å². The van der Waals surface area contributed by atoms with Crippen molar-refractivity contribution in [1.29, 1.82) is 0 Å². The van der Waals surface area contributed by atoms with Crippen LogP contribution in [0, 0.1) is 5.82 Å². The lowest BCUT2D eigenvalue weighted by molar-refractivity contribution is -0.146. The van der Waals surface area contributed by atoms with Gasteiger partial charge in [-0.1, -0.05) is 13.8 Å². The Morgan fingerprint density at radius 2 is 1.76 bits per heavy atom. The number of benzene rings is 1. The highest BCUT2D eigenvalue weighted by Gasteiger charge is 2.49. The van der Waals surface area contributed by atoms with E-state index < -0.39 is 48.2 Å². The number of carbonyl (C=O) groups is 4. The van der Waals surface area contributed by atoms with E-state index in [0.29, 0.717) is 12.8 Å². The first kappa shape index (κ1) is 18.6. The lowest BCUT2D eigenvalue weighted by atomic mass is 9.93. The van der Waals surface area contributed by atoms with Crippen LogP contribution in [0.15, 0.2) is 24.3 Å². The molecule has 8 heteroatoms. The molecule has 0 bridgehead atoms. The molecule has 0 aliphatic carbocycles. The third kappa shape index (κ3) is 3.84. The number of hydrogen-bond acceptors (Lipinski definition) is 5. The second-order valence-electron chi connectivity index (χ2n) is 5.70. The highest BCUT2D eigenvalue weighted by molar-refractivity contribution is 6.08. The average Bonchev–Trinajstić information content (AvgIpc) is 2.85. The summed E-state index contributed by atoms with van der Waals surface area (Å²) in [4.78, 5) is 48.8. The van der Waals surface area contributed by atoms with Crippen molar-refractivity contribution in [2.45, 2.75) is 32.2 Å². The molecule has 0 unspecified atom stereocenters. The zero-order valence-corrected chi connectivity index (χ0v) is 14.0. The number of imide groups is 1. The van der Waals surface area contributed by atoms with Gasteiger partial charge in [0, 0.05) is 5.56 Å². The number of carbonyl (C=O) groups excluding carboxylic acids is 4. The van der Waals surface area contributed by atoms with Gasteiger partial charge in [-0.2, -0.15) is 0 Å². The van der Waals surface area contributed by atoms with Crippen LogP contribution in [0.25, 0.3) is 0 Å². The van der Waals surface area contributed by atoms with Crippen LogP contribution >= 0.6 is 0 Å². The maximum absolute atomic E-state index is 12.8. The van der Waals surface area contributed by atoms with Crippen LogP contribution in [-0.4, -0.2) is 47.3 Å². The van der Waals surface area contributed by atoms with Crippen molar-refractivity contribution < 1.29 is 28.3 Å². The molecule has 0 spiro atoms. The fourth-order valence-corrected chi connectivity index (χ4v) is 2.59. The lowest BCUT2D eigenvalue weighted by Crippen LogP contribution is -2.46. The van der Waals surface area contributed by atoms with Gasteiger partial charge < -0.3 is 10.1 Å². The number of rotatable bonds is 7. The van der Waals surface area contributed by atoms with Crippen LogP contribution in [0.5, 0.6) is 0 Å². The lowest BCUT2D eigenvalue weighted by Gasteiger charge is -2.22. The Kier molecular flexibility index (Phi) is 5.51. The summed E-state index contributed by atoms with van der Waals surface area (Å²) in [5.74, 6) is -2.35. The first-order valence-corrected chi connectivity index (χ1v) is 7.91. The second kappa shape index (κ2) is 7.42. The monoisotopic (exact) mass is 350 g/mol. The largest absolute Gasteiger partial charge is 0.456 e. The average molecular weight is 350 g/mol. The van der Waals surface area contributed by atoms with Crippen molar-refractivity contribution in [3.63, 3.8) is 0 Å². The summed E-state index contributed by atoms with van der Waals surface area (Å²) >= 11 is 0. The number of nitrogens with one attached hydrogen (secondary N) is 1. The Morgan fingerprint density at radius 1 is 1.16 bits per heavy atom. The molecular weight excluding hydrogens is 331 g/mol. The Hall–Kier alpha value is -2.77. The van der Waals surface area contributed by atoms with Crippen molar-refractivity contribution in [2.75, 3.05) is 13.2 Å². The SMILES string of the molecule is CCC1(CC)NC(=O)N(CC(=O)OCC(=O)c2ccc(F)cc2)C1=O. The maximum atomic E-state index is 12.8. The minimum absolute atomic E-state index is 0.195.